The molecule has 0 aliphatic carbocycles. The summed E-state index contributed by atoms with van der Waals surface area (Å²) in [6, 6.07) is 9.07. The Labute approximate surface area is 123 Å². The summed E-state index contributed by atoms with van der Waals surface area (Å²) in [6.45, 7) is 3.47. The molecule has 3 rings (SSSR count). The van der Waals surface area contributed by atoms with E-state index < -0.39 is 5.97 Å². The summed E-state index contributed by atoms with van der Waals surface area (Å²) >= 11 is 0. The van der Waals surface area contributed by atoms with E-state index in [2.05, 4.69) is 9.88 Å². The second-order valence-corrected chi connectivity index (χ2v) is 5.24. The lowest BCUT2D eigenvalue weighted by molar-refractivity contribution is 0.0691. The number of carboxylic acids is 1. The summed E-state index contributed by atoms with van der Waals surface area (Å²) in [6.07, 6.45) is 2.46. The number of para-hydroxylation sites is 1. The second kappa shape index (κ2) is 6.10. The van der Waals surface area contributed by atoms with Crippen LogP contribution in [-0.2, 0) is 0 Å². The highest BCUT2D eigenvalue weighted by molar-refractivity contribution is 5.95. The second-order valence-electron chi connectivity index (χ2n) is 5.24. The van der Waals surface area contributed by atoms with Crippen LogP contribution in [0, 0.1) is 0 Å². The van der Waals surface area contributed by atoms with E-state index in [9.17, 15) is 9.90 Å². The minimum absolute atomic E-state index is 0.120. The molecule has 0 radical (unpaired) electrons. The Morgan fingerprint density at radius 3 is 2.81 bits per heavy atom. The minimum Gasteiger partial charge on any atom is -0.477 e. The van der Waals surface area contributed by atoms with Crippen molar-refractivity contribution in [1.29, 1.82) is 0 Å². The Kier molecular flexibility index (Phi) is 4.01. The van der Waals surface area contributed by atoms with Gasteiger partial charge in [-0.3, -0.25) is 4.90 Å². The average molecular weight is 286 g/mol. The highest BCUT2D eigenvalue weighted by Gasteiger charge is 2.16. The van der Waals surface area contributed by atoms with E-state index in [1.54, 1.807) is 6.07 Å². The molecule has 1 aliphatic rings. The van der Waals surface area contributed by atoms with Crippen molar-refractivity contribution in [3.8, 4) is 5.88 Å². The van der Waals surface area contributed by atoms with Crippen LogP contribution in [0.5, 0.6) is 5.88 Å². The van der Waals surface area contributed by atoms with Gasteiger partial charge >= 0.3 is 5.97 Å². The Morgan fingerprint density at radius 1 is 1.29 bits per heavy atom. The predicted molar refractivity (Wildman–Crippen MR) is 79.9 cm³/mol. The zero-order chi connectivity index (χ0) is 14.7. The summed E-state index contributed by atoms with van der Waals surface area (Å²) < 4.78 is 5.63. The van der Waals surface area contributed by atoms with Crippen molar-refractivity contribution in [2.75, 3.05) is 26.2 Å². The van der Waals surface area contributed by atoms with Gasteiger partial charge in [0.05, 0.1) is 5.52 Å². The fraction of sp³-hybridized carbons (Fsp3) is 0.375. The summed E-state index contributed by atoms with van der Waals surface area (Å²) in [5, 5.41) is 10.1. The van der Waals surface area contributed by atoms with Gasteiger partial charge in [0, 0.05) is 11.9 Å². The molecule has 110 valence electrons. The molecule has 1 aliphatic heterocycles. The Hall–Kier alpha value is -2.14. The fourth-order valence-electron chi connectivity index (χ4n) is 2.64. The highest BCUT2D eigenvalue weighted by Crippen LogP contribution is 2.22. The third-order valence-electron chi connectivity index (χ3n) is 3.76. The molecule has 1 saturated heterocycles. The molecule has 5 nitrogen and oxygen atoms in total. The molecule has 1 fully saturated rings. The van der Waals surface area contributed by atoms with Crippen molar-refractivity contribution < 1.29 is 14.6 Å². The number of rotatable bonds is 5. The molecule has 0 unspecified atom stereocenters. The Morgan fingerprint density at radius 2 is 2.05 bits per heavy atom. The number of ether oxygens (including phenoxy) is 1. The smallest absolute Gasteiger partial charge is 0.341 e. The molecule has 0 bridgehead atoms. The maximum Gasteiger partial charge on any atom is 0.341 e. The molecule has 0 atom stereocenters. The van der Waals surface area contributed by atoms with Gasteiger partial charge in [-0.15, -0.1) is 0 Å². The predicted octanol–water partition coefficient (Wildman–Crippen LogP) is 2.41. The summed E-state index contributed by atoms with van der Waals surface area (Å²) in [5.41, 5.74) is 0.869. The monoisotopic (exact) mass is 286 g/mol. The molecule has 0 amide bonds. The number of hydrogen-bond donors (Lipinski definition) is 1. The molecule has 2 aromatic rings. The van der Waals surface area contributed by atoms with Crippen LogP contribution in [0.1, 0.15) is 23.2 Å². The van der Waals surface area contributed by atoms with Crippen LogP contribution in [0.25, 0.3) is 10.9 Å². The van der Waals surface area contributed by atoms with Gasteiger partial charge in [0.25, 0.3) is 0 Å². The number of likely N-dealkylation sites (tertiary alicyclic amines) is 1. The van der Waals surface area contributed by atoms with Gasteiger partial charge in [-0.05, 0) is 38.1 Å². The fourth-order valence-corrected chi connectivity index (χ4v) is 2.64. The number of benzene rings is 1. The van der Waals surface area contributed by atoms with Gasteiger partial charge in [0.15, 0.2) is 0 Å². The van der Waals surface area contributed by atoms with Crippen molar-refractivity contribution in [2.24, 2.45) is 0 Å². The standard InChI is InChI=1S/C16H18N2O3/c19-16(20)13-11-12-5-1-2-6-14(12)17-15(13)21-10-9-18-7-3-4-8-18/h1-2,5-6,11H,3-4,7-10H2,(H,19,20). The van der Waals surface area contributed by atoms with Crippen LogP contribution in [0.4, 0.5) is 0 Å². The van der Waals surface area contributed by atoms with Gasteiger partial charge in [-0.2, -0.15) is 0 Å². The van der Waals surface area contributed by atoms with E-state index in [0.717, 1.165) is 30.5 Å². The quantitative estimate of drug-likeness (QED) is 0.914. The van der Waals surface area contributed by atoms with Crippen LogP contribution < -0.4 is 4.74 Å². The summed E-state index contributed by atoms with van der Waals surface area (Å²) in [7, 11) is 0. The van der Waals surface area contributed by atoms with Gasteiger partial charge in [-0.1, -0.05) is 18.2 Å². The molecule has 0 spiro atoms. The minimum atomic E-state index is -1.01. The number of nitrogens with zero attached hydrogens (tertiary/aromatic N) is 2. The molecular weight excluding hydrogens is 268 g/mol. The van der Waals surface area contributed by atoms with Crippen LogP contribution in [-0.4, -0.2) is 47.2 Å². The third kappa shape index (κ3) is 3.13. The maximum absolute atomic E-state index is 11.4. The number of fused-ring (bicyclic) bond motifs is 1. The molecule has 1 aromatic carbocycles. The van der Waals surface area contributed by atoms with Crippen LogP contribution in [0.15, 0.2) is 30.3 Å². The molecule has 1 N–H and O–H groups in total. The van der Waals surface area contributed by atoms with E-state index in [4.69, 9.17) is 4.74 Å². The Bertz CT molecular complexity index is 651. The van der Waals surface area contributed by atoms with Crippen molar-refractivity contribution in [3.05, 3.63) is 35.9 Å². The van der Waals surface area contributed by atoms with Gasteiger partial charge in [-0.25, -0.2) is 9.78 Å². The van der Waals surface area contributed by atoms with E-state index in [0.29, 0.717) is 6.61 Å². The number of aromatic carboxylic acids is 1. The highest BCUT2D eigenvalue weighted by atomic mass is 16.5. The SMILES string of the molecule is O=C(O)c1cc2ccccc2nc1OCCN1CCCC1. The number of aromatic nitrogens is 1. The lowest BCUT2D eigenvalue weighted by atomic mass is 10.1. The zero-order valence-corrected chi connectivity index (χ0v) is 11.8. The maximum atomic E-state index is 11.4. The Balaban J connectivity index is 1.78. The van der Waals surface area contributed by atoms with Crippen molar-refractivity contribution in [2.45, 2.75) is 12.8 Å². The summed E-state index contributed by atoms with van der Waals surface area (Å²) in [5.74, 6) is -0.801. The summed E-state index contributed by atoms with van der Waals surface area (Å²) in [4.78, 5) is 18.0. The first-order valence-corrected chi connectivity index (χ1v) is 7.22. The normalized spacial score (nSPS) is 15.4. The number of hydrogen-bond acceptors (Lipinski definition) is 4. The largest absolute Gasteiger partial charge is 0.477 e. The topological polar surface area (TPSA) is 62.7 Å². The lowest BCUT2D eigenvalue weighted by Crippen LogP contribution is -2.25. The number of pyridine rings is 1. The van der Waals surface area contributed by atoms with Gasteiger partial charge in [0.2, 0.25) is 5.88 Å². The first kappa shape index (κ1) is 13.8. The first-order chi connectivity index (χ1) is 10.2. The first-order valence-electron chi connectivity index (χ1n) is 7.22. The van der Waals surface area contributed by atoms with Crippen LogP contribution in [0.2, 0.25) is 0 Å². The number of carbonyl (C=O) groups is 1. The van der Waals surface area contributed by atoms with Gasteiger partial charge in [0.1, 0.15) is 12.2 Å². The molecule has 0 saturated carbocycles. The molecular formula is C16H18N2O3. The van der Waals surface area contributed by atoms with E-state index in [-0.39, 0.29) is 11.4 Å². The van der Waals surface area contributed by atoms with E-state index in [1.165, 1.54) is 12.8 Å². The van der Waals surface area contributed by atoms with Gasteiger partial charge < -0.3 is 9.84 Å². The molecule has 2 heterocycles. The van der Waals surface area contributed by atoms with Crippen molar-refractivity contribution in [3.63, 3.8) is 0 Å². The third-order valence-corrected chi connectivity index (χ3v) is 3.76. The van der Waals surface area contributed by atoms with Crippen LogP contribution >= 0.6 is 0 Å². The van der Waals surface area contributed by atoms with E-state index in [1.807, 2.05) is 24.3 Å². The lowest BCUT2D eigenvalue weighted by Gasteiger charge is -2.15. The average Bonchev–Trinajstić information content (AvgIpc) is 2.99. The molecule has 5 heteroatoms. The van der Waals surface area contributed by atoms with Crippen LogP contribution in [0.3, 0.4) is 0 Å². The zero-order valence-electron chi connectivity index (χ0n) is 11.8. The van der Waals surface area contributed by atoms with Crippen molar-refractivity contribution in [1.82, 2.24) is 9.88 Å². The van der Waals surface area contributed by atoms with E-state index >= 15 is 0 Å². The molecule has 21 heavy (non-hydrogen) atoms. The van der Waals surface area contributed by atoms with Crippen molar-refractivity contribution >= 4 is 16.9 Å². The molecule has 1 aromatic heterocycles. The number of carboxylic acid groups (broad SMARTS) is 1.